The topological polar surface area (TPSA) is 455 Å². The third-order valence-electron chi connectivity index (χ3n) is 11.5. The molecule has 0 spiro atoms. The minimum absolute atomic E-state index is 0.348. The van der Waals surface area contributed by atoms with Crippen LogP contribution in [0.2, 0.25) is 0 Å². The van der Waals surface area contributed by atoms with Gasteiger partial charge in [-0.25, -0.2) is 19.2 Å². The lowest BCUT2D eigenvalue weighted by molar-refractivity contribution is -0.182. The first-order chi connectivity index (χ1) is 31.5. The van der Waals surface area contributed by atoms with Crippen molar-refractivity contribution in [1.82, 2.24) is 0 Å². The highest BCUT2D eigenvalue weighted by Crippen LogP contribution is 2.58. The van der Waals surface area contributed by atoms with Gasteiger partial charge in [-0.15, -0.1) is 0 Å². The summed E-state index contributed by atoms with van der Waals surface area (Å²) in [5, 5.41) is 172. The number of allylic oxidation sites excluding steroid dienone is 1. The number of esters is 5. The number of aliphatic hydroxyl groups excluding tert-OH is 4. The molecule has 0 saturated heterocycles. The van der Waals surface area contributed by atoms with Gasteiger partial charge in [0, 0.05) is 34.2 Å². The first-order valence-electron chi connectivity index (χ1n) is 19.1. The average Bonchev–Trinajstić information content (AvgIpc) is 3.29. The number of aliphatic hydroxyl groups is 4. The molecule has 4 heterocycles. The van der Waals surface area contributed by atoms with Gasteiger partial charge in [0.25, 0.3) is 0 Å². The molecular formula is C41H32O26. The molecule has 1 aliphatic carbocycles. The van der Waals surface area contributed by atoms with Crippen LogP contribution < -0.4 is 0 Å². The maximum Gasteiger partial charge on any atom is 0.339 e. The summed E-state index contributed by atoms with van der Waals surface area (Å²) in [5.41, 5.74) is -10.0. The fourth-order valence-electron chi connectivity index (χ4n) is 8.21. The maximum atomic E-state index is 14.6. The first-order valence-corrected chi connectivity index (χ1v) is 19.1. The third-order valence-corrected chi connectivity index (χ3v) is 11.5. The minimum atomic E-state index is -2.75. The molecule has 352 valence electrons. The Hall–Kier alpha value is -8.91. The number of carbonyl (C=O) groups is 5. The zero-order valence-corrected chi connectivity index (χ0v) is 33.1. The van der Waals surface area contributed by atoms with Gasteiger partial charge in [-0.05, 0) is 24.6 Å². The van der Waals surface area contributed by atoms with Crippen molar-refractivity contribution in [1.29, 1.82) is 0 Å². The molecule has 16 N–H and O–H groups in total. The second kappa shape index (κ2) is 15.7. The molecule has 26 nitrogen and oxygen atoms in total. The molecule has 0 amide bonds. The minimum Gasteiger partial charge on any atom is -0.509 e. The number of phenolic OH excluding ortho intramolecular Hbond substituents is 12. The Morgan fingerprint density at radius 3 is 1.46 bits per heavy atom. The van der Waals surface area contributed by atoms with Crippen molar-refractivity contribution in [2.45, 2.75) is 49.5 Å². The lowest BCUT2D eigenvalue weighted by atomic mass is 9.82. The molecule has 0 radical (unpaired) electrons. The summed E-state index contributed by atoms with van der Waals surface area (Å²) in [7, 11) is 0. The standard InChI is InChI=1S/C41H32O26/c42-11-1-7(2-12(43)23(11)47)37(58)64-16-6-63-38(59)8-3-13(44)24(48)27(51)17(8)18-9(4-14(45)25(49)28(18)52)39(60)65-34(16)36-35-32(56)22-21(41(62)66-35)20(30(54)33(57)31(22)55)19-10(40(61)67-36)5-15(46)26(50)29(19)53/h3-5,7,11,16,32,34-36,42-57H,1-2,6H2/t7-,11+,16-,32-,34-,35+,36+/m1/s1. The summed E-state index contributed by atoms with van der Waals surface area (Å²) in [6.07, 6.45) is -16.5. The van der Waals surface area contributed by atoms with Gasteiger partial charge < -0.3 is 105 Å². The molecule has 4 aromatic carbocycles. The van der Waals surface area contributed by atoms with Crippen molar-refractivity contribution in [3.8, 4) is 91.2 Å². The van der Waals surface area contributed by atoms with Gasteiger partial charge in [0.2, 0.25) is 23.0 Å². The Morgan fingerprint density at radius 2 is 0.955 bits per heavy atom. The van der Waals surface area contributed by atoms with Crippen LogP contribution in [0.25, 0.3) is 22.3 Å². The summed E-state index contributed by atoms with van der Waals surface area (Å²) < 4.78 is 27.8. The monoisotopic (exact) mass is 940 g/mol. The highest BCUT2D eigenvalue weighted by molar-refractivity contribution is 6.11. The van der Waals surface area contributed by atoms with E-state index in [2.05, 4.69) is 0 Å². The SMILES string of the molecule is O=C1OC[C@@H](OC(=O)[C@H]2CC(O)=C(O)[C@@H](O)C2)[C@H]([C@@H]2OC(=O)c3cc(O)c(O)c(O)c3-c3c(O)c(O)c(O)c4c3C(=O)O[C@H]2[C@@H]4O)OC(=O)c2cc(O)c(O)c(O)c2-c2c1cc(O)c(O)c2O. The van der Waals surface area contributed by atoms with E-state index in [4.69, 9.17) is 23.7 Å². The van der Waals surface area contributed by atoms with E-state index in [1.165, 1.54) is 0 Å². The molecular weight excluding hydrogens is 908 g/mol. The van der Waals surface area contributed by atoms with Gasteiger partial charge in [-0.3, -0.25) is 4.79 Å². The lowest BCUT2D eigenvalue weighted by Gasteiger charge is -2.41. The molecule has 9 rings (SSSR count). The van der Waals surface area contributed by atoms with E-state index in [0.717, 1.165) is 0 Å². The quantitative estimate of drug-likeness (QED) is 0.0774. The van der Waals surface area contributed by atoms with E-state index in [0.29, 0.717) is 18.2 Å². The van der Waals surface area contributed by atoms with Crippen molar-refractivity contribution < 1.29 is 129 Å². The largest absolute Gasteiger partial charge is 0.509 e. The fourth-order valence-corrected chi connectivity index (χ4v) is 8.21. The summed E-state index contributed by atoms with van der Waals surface area (Å²) in [6.45, 7) is -1.46. The molecule has 4 aliphatic heterocycles. The molecule has 26 heteroatoms. The zero-order chi connectivity index (χ0) is 49.0. The summed E-state index contributed by atoms with van der Waals surface area (Å²) in [5.74, 6) is -29.2. The molecule has 67 heavy (non-hydrogen) atoms. The highest BCUT2D eigenvalue weighted by Gasteiger charge is 2.54. The van der Waals surface area contributed by atoms with E-state index in [-0.39, 0.29) is 0 Å². The van der Waals surface area contributed by atoms with Crippen LogP contribution in [0.15, 0.2) is 29.7 Å². The number of hydrogen-bond acceptors (Lipinski definition) is 26. The highest BCUT2D eigenvalue weighted by atomic mass is 16.6. The number of benzene rings is 4. The second-order valence-corrected chi connectivity index (χ2v) is 15.4. The van der Waals surface area contributed by atoms with Gasteiger partial charge in [0.05, 0.1) is 28.2 Å². The van der Waals surface area contributed by atoms with Gasteiger partial charge >= 0.3 is 29.8 Å². The average molecular weight is 941 g/mol. The van der Waals surface area contributed by atoms with Crippen LogP contribution in [0.3, 0.4) is 0 Å². The van der Waals surface area contributed by atoms with Gasteiger partial charge in [-0.2, -0.15) is 0 Å². The van der Waals surface area contributed by atoms with Crippen LogP contribution >= 0.6 is 0 Å². The van der Waals surface area contributed by atoms with E-state index in [1.807, 2.05) is 0 Å². The van der Waals surface area contributed by atoms with E-state index in [1.54, 1.807) is 0 Å². The van der Waals surface area contributed by atoms with Crippen molar-refractivity contribution in [3.63, 3.8) is 0 Å². The molecule has 0 saturated carbocycles. The molecule has 4 bridgehead atoms. The van der Waals surface area contributed by atoms with Crippen LogP contribution in [0.4, 0.5) is 0 Å². The summed E-state index contributed by atoms with van der Waals surface area (Å²) in [6, 6.07) is 1.17. The number of fused-ring (bicyclic) bond motifs is 6. The van der Waals surface area contributed by atoms with Crippen LogP contribution in [0.1, 0.15) is 65.9 Å². The summed E-state index contributed by atoms with van der Waals surface area (Å²) >= 11 is 0. The van der Waals surface area contributed by atoms with Crippen molar-refractivity contribution in [2.75, 3.05) is 6.61 Å². The number of hydrogen-bond donors (Lipinski definition) is 16. The van der Waals surface area contributed by atoms with E-state index < -0.39 is 222 Å². The van der Waals surface area contributed by atoms with Gasteiger partial charge in [-0.1, -0.05) is 0 Å². The molecule has 0 fully saturated rings. The molecule has 0 aromatic heterocycles. The molecule has 5 aliphatic rings. The second-order valence-electron chi connectivity index (χ2n) is 15.4. The van der Waals surface area contributed by atoms with Crippen LogP contribution in [-0.4, -0.2) is 149 Å². The number of cyclic esters (lactones) is 2. The van der Waals surface area contributed by atoms with Crippen LogP contribution in [0, 0.1) is 5.92 Å². The van der Waals surface area contributed by atoms with Crippen molar-refractivity contribution >= 4 is 29.8 Å². The van der Waals surface area contributed by atoms with Crippen molar-refractivity contribution in [3.05, 3.63) is 57.5 Å². The number of ether oxygens (including phenoxy) is 5. The predicted octanol–water partition coefficient (Wildman–Crippen LogP) is 1.01. The fraction of sp³-hybridized carbons (Fsp3) is 0.244. The molecule has 7 atom stereocenters. The van der Waals surface area contributed by atoms with Crippen LogP contribution in [-0.2, 0) is 28.5 Å². The number of rotatable bonds is 3. The molecule has 4 aromatic rings. The maximum absolute atomic E-state index is 14.6. The van der Waals surface area contributed by atoms with Gasteiger partial charge in [0.1, 0.15) is 24.6 Å². The Bertz CT molecular complexity index is 2930. The number of phenols is 12. The van der Waals surface area contributed by atoms with Crippen molar-refractivity contribution in [2.24, 2.45) is 5.92 Å². The Labute approximate surface area is 369 Å². The Balaban J connectivity index is 1.40. The lowest BCUT2D eigenvalue weighted by Crippen LogP contribution is -2.56. The van der Waals surface area contributed by atoms with Gasteiger partial charge in [0.15, 0.2) is 76.2 Å². The predicted molar refractivity (Wildman–Crippen MR) is 207 cm³/mol. The number of aromatic hydroxyl groups is 12. The smallest absolute Gasteiger partial charge is 0.339 e. The van der Waals surface area contributed by atoms with E-state index in [9.17, 15) is 106 Å². The van der Waals surface area contributed by atoms with E-state index >= 15 is 0 Å². The first kappa shape index (κ1) is 44.7. The molecule has 0 unspecified atom stereocenters. The Kier molecular flexibility index (Phi) is 10.4. The number of carbonyl (C=O) groups excluding carboxylic acids is 5. The zero-order valence-electron chi connectivity index (χ0n) is 33.1. The Morgan fingerprint density at radius 1 is 0.507 bits per heavy atom. The summed E-state index contributed by atoms with van der Waals surface area (Å²) in [4.78, 5) is 71.1. The third kappa shape index (κ3) is 6.76. The van der Waals surface area contributed by atoms with Crippen LogP contribution in [0.5, 0.6) is 69.0 Å². The normalized spacial score (nSPS) is 23.6.